The molecule has 5 heteroatoms. The first kappa shape index (κ1) is 18.5. The highest BCUT2D eigenvalue weighted by atomic mass is 28.4. The van der Waals surface area contributed by atoms with Crippen LogP contribution in [0, 0.1) is 0 Å². The summed E-state index contributed by atoms with van der Waals surface area (Å²) in [6, 6.07) is 16.7. The molecule has 0 radical (unpaired) electrons. The summed E-state index contributed by atoms with van der Waals surface area (Å²) < 4.78 is 48.1. The quantitative estimate of drug-likeness (QED) is 0.600. The fraction of sp³-hybridized carbons (Fsp3) is 0.263. The molecule has 0 N–H and O–H groups in total. The Morgan fingerprint density at radius 1 is 0.833 bits per heavy atom. The van der Waals surface area contributed by atoms with Crippen molar-refractivity contribution in [2.75, 3.05) is 0 Å². The van der Waals surface area contributed by atoms with Crippen LogP contribution in [0.3, 0.4) is 0 Å². The van der Waals surface area contributed by atoms with Crippen molar-refractivity contribution in [2.45, 2.75) is 31.4 Å². The van der Waals surface area contributed by atoms with Crippen LogP contribution in [0.4, 0.5) is 13.2 Å². The molecule has 128 valence electrons. The van der Waals surface area contributed by atoms with Crippen molar-refractivity contribution in [3.8, 4) is 0 Å². The summed E-state index contributed by atoms with van der Waals surface area (Å²) in [5.41, 5.74) is -1.66. The Hall–Kier alpha value is -1.85. The zero-order valence-electron chi connectivity index (χ0n) is 14.0. The number of hydrogen-bond acceptors (Lipinski definition) is 1. The average molecular weight is 350 g/mol. The van der Waals surface area contributed by atoms with Gasteiger partial charge in [0.15, 0.2) is 13.9 Å². The Labute approximate surface area is 141 Å². The van der Waals surface area contributed by atoms with Gasteiger partial charge in [0.25, 0.3) is 0 Å². The largest absolute Gasteiger partial charge is 0.424 e. The molecule has 0 spiro atoms. The van der Waals surface area contributed by atoms with E-state index in [2.05, 4.69) is 0 Å². The fourth-order valence-corrected chi connectivity index (χ4v) is 3.72. The lowest BCUT2D eigenvalue weighted by Crippen LogP contribution is -2.49. The molecule has 24 heavy (non-hydrogen) atoms. The van der Waals surface area contributed by atoms with Crippen molar-refractivity contribution in [3.63, 3.8) is 0 Å². The molecule has 2 aromatic rings. The molecule has 0 aliphatic heterocycles. The van der Waals surface area contributed by atoms with Crippen LogP contribution in [0.2, 0.25) is 19.6 Å². The van der Waals surface area contributed by atoms with E-state index >= 15 is 0 Å². The Balaban J connectivity index is 2.60. The van der Waals surface area contributed by atoms with Crippen LogP contribution < -0.4 is 0 Å². The van der Waals surface area contributed by atoms with Gasteiger partial charge in [-0.25, -0.2) is 0 Å². The first-order valence-electron chi connectivity index (χ1n) is 7.71. The van der Waals surface area contributed by atoms with Crippen molar-refractivity contribution in [3.05, 3.63) is 77.9 Å². The first-order valence-corrected chi connectivity index (χ1v) is 11.1. The SMILES string of the molecule is C[Si](C)(C)OC(/C=C/c1ccccc1)(c1ccccc1)C(F)(F)F. The molecular weight excluding hydrogens is 329 g/mol. The maximum atomic E-state index is 14.1. The maximum Gasteiger partial charge on any atom is 0.424 e. The minimum absolute atomic E-state index is 0.0899. The molecule has 1 atom stereocenters. The molecule has 0 bridgehead atoms. The van der Waals surface area contributed by atoms with E-state index in [0.717, 1.165) is 6.08 Å². The topological polar surface area (TPSA) is 9.23 Å². The predicted molar refractivity (Wildman–Crippen MR) is 94.1 cm³/mol. The van der Waals surface area contributed by atoms with E-state index in [4.69, 9.17) is 4.43 Å². The zero-order valence-corrected chi connectivity index (χ0v) is 15.0. The van der Waals surface area contributed by atoms with Crippen molar-refractivity contribution in [1.29, 1.82) is 0 Å². The van der Waals surface area contributed by atoms with Gasteiger partial charge in [0.1, 0.15) is 0 Å². The predicted octanol–water partition coefficient (Wildman–Crippen LogP) is 6.01. The molecule has 0 fully saturated rings. The van der Waals surface area contributed by atoms with E-state index in [0.29, 0.717) is 5.56 Å². The van der Waals surface area contributed by atoms with E-state index in [-0.39, 0.29) is 5.56 Å². The smallest absolute Gasteiger partial charge is 0.397 e. The number of alkyl halides is 3. The standard InChI is InChI=1S/C19H21F3OSi/c1-24(2,3)23-18(19(20,21)22,17-12-8-5-9-13-17)15-14-16-10-6-4-7-11-16/h4-15H,1-3H3/b15-14+. The van der Waals surface area contributed by atoms with Gasteiger partial charge in [-0.05, 0) is 36.8 Å². The van der Waals surface area contributed by atoms with Gasteiger partial charge in [-0.3, -0.25) is 0 Å². The molecule has 0 amide bonds. The molecule has 0 saturated heterocycles. The van der Waals surface area contributed by atoms with E-state index in [1.165, 1.54) is 18.2 Å². The van der Waals surface area contributed by atoms with E-state index in [1.807, 2.05) is 6.07 Å². The molecule has 0 saturated carbocycles. The molecule has 1 nitrogen and oxygen atoms in total. The van der Waals surface area contributed by atoms with E-state index in [1.54, 1.807) is 62.1 Å². The van der Waals surface area contributed by atoms with Crippen LogP contribution in [0.15, 0.2) is 66.7 Å². The molecule has 2 rings (SSSR count). The summed E-state index contributed by atoms with van der Waals surface area (Å²) in [5.74, 6) is 0. The van der Waals surface area contributed by atoms with Gasteiger partial charge in [0, 0.05) is 0 Å². The van der Waals surface area contributed by atoms with Crippen LogP contribution >= 0.6 is 0 Å². The van der Waals surface area contributed by atoms with Crippen LogP contribution in [0.1, 0.15) is 11.1 Å². The van der Waals surface area contributed by atoms with Crippen LogP contribution in [-0.4, -0.2) is 14.5 Å². The monoisotopic (exact) mass is 350 g/mol. The molecule has 0 aromatic heterocycles. The zero-order chi connectivity index (χ0) is 17.8. The number of rotatable bonds is 5. The van der Waals surface area contributed by atoms with Gasteiger partial charge in [-0.15, -0.1) is 0 Å². The van der Waals surface area contributed by atoms with Gasteiger partial charge in [-0.1, -0.05) is 66.7 Å². The molecular formula is C19H21F3OSi. The van der Waals surface area contributed by atoms with Gasteiger partial charge in [0.2, 0.25) is 0 Å². The Bertz CT molecular complexity index is 675. The summed E-state index contributed by atoms with van der Waals surface area (Å²) in [5, 5.41) is 0. The average Bonchev–Trinajstić information content (AvgIpc) is 2.51. The third-order valence-electron chi connectivity index (χ3n) is 3.40. The second-order valence-electron chi connectivity index (χ2n) is 6.56. The Morgan fingerprint density at radius 2 is 1.33 bits per heavy atom. The minimum atomic E-state index is -4.57. The minimum Gasteiger partial charge on any atom is -0.397 e. The normalized spacial score (nSPS) is 15.4. The van der Waals surface area contributed by atoms with Crippen molar-refractivity contribution in [2.24, 2.45) is 0 Å². The lowest BCUT2D eigenvalue weighted by atomic mass is 9.92. The highest BCUT2D eigenvalue weighted by molar-refractivity contribution is 6.69. The lowest BCUT2D eigenvalue weighted by Gasteiger charge is -2.38. The van der Waals surface area contributed by atoms with Crippen molar-refractivity contribution >= 4 is 14.4 Å². The number of halogens is 3. The molecule has 1 unspecified atom stereocenters. The first-order chi connectivity index (χ1) is 11.1. The maximum absolute atomic E-state index is 14.1. The summed E-state index contributed by atoms with van der Waals surface area (Å²) in [6.45, 7) is 5.27. The third kappa shape index (κ3) is 4.36. The second-order valence-corrected chi connectivity index (χ2v) is 11.0. The Morgan fingerprint density at radius 3 is 1.79 bits per heavy atom. The summed E-state index contributed by atoms with van der Waals surface area (Å²) in [4.78, 5) is 0. The van der Waals surface area contributed by atoms with Crippen molar-refractivity contribution in [1.82, 2.24) is 0 Å². The van der Waals surface area contributed by atoms with Gasteiger partial charge in [-0.2, -0.15) is 13.2 Å². The van der Waals surface area contributed by atoms with E-state index in [9.17, 15) is 13.2 Å². The number of benzene rings is 2. The van der Waals surface area contributed by atoms with Crippen LogP contribution in [0.25, 0.3) is 6.08 Å². The summed E-state index contributed by atoms with van der Waals surface area (Å²) >= 11 is 0. The molecule has 0 heterocycles. The lowest BCUT2D eigenvalue weighted by molar-refractivity contribution is -0.237. The highest BCUT2D eigenvalue weighted by Crippen LogP contribution is 2.45. The Kier molecular flexibility index (Phi) is 5.35. The van der Waals surface area contributed by atoms with E-state index < -0.39 is 20.1 Å². The van der Waals surface area contributed by atoms with Crippen molar-refractivity contribution < 1.29 is 17.6 Å². The molecule has 2 aromatic carbocycles. The molecule has 0 aliphatic carbocycles. The van der Waals surface area contributed by atoms with Gasteiger partial charge in [0.05, 0.1) is 0 Å². The highest BCUT2D eigenvalue weighted by Gasteiger charge is 2.57. The summed E-state index contributed by atoms with van der Waals surface area (Å²) in [7, 11) is -2.49. The fourth-order valence-electron chi connectivity index (χ4n) is 2.45. The van der Waals surface area contributed by atoms with Crippen LogP contribution in [-0.2, 0) is 10.0 Å². The summed E-state index contributed by atoms with van der Waals surface area (Å²) in [6.07, 6.45) is -1.96. The second kappa shape index (κ2) is 6.95. The van der Waals surface area contributed by atoms with Gasteiger partial charge >= 0.3 is 6.18 Å². The molecule has 0 aliphatic rings. The van der Waals surface area contributed by atoms with Crippen LogP contribution in [0.5, 0.6) is 0 Å². The number of hydrogen-bond donors (Lipinski definition) is 0. The third-order valence-corrected chi connectivity index (χ3v) is 4.34. The van der Waals surface area contributed by atoms with Gasteiger partial charge < -0.3 is 4.43 Å².